The Bertz CT molecular complexity index is 900. The number of hydrogen-bond acceptors (Lipinski definition) is 5. The average molecular weight is 390 g/mol. The molecule has 3 rings (SSSR count). The highest BCUT2D eigenvalue weighted by Gasteiger charge is 2.26. The van der Waals surface area contributed by atoms with Crippen LogP contribution >= 0.6 is 0 Å². The van der Waals surface area contributed by atoms with E-state index >= 15 is 0 Å². The van der Waals surface area contributed by atoms with Crippen molar-refractivity contribution in [1.82, 2.24) is 4.31 Å². The Morgan fingerprint density at radius 1 is 1.04 bits per heavy atom. The van der Waals surface area contributed by atoms with Crippen molar-refractivity contribution in [3.8, 4) is 11.5 Å². The van der Waals surface area contributed by atoms with Gasteiger partial charge in [-0.15, -0.1) is 0 Å². The van der Waals surface area contributed by atoms with Crippen molar-refractivity contribution in [2.45, 2.75) is 24.3 Å². The van der Waals surface area contributed by atoms with Gasteiger partial charge in [0.25, 0.3) is 0 Å². The van der Waals surface area contributed by atoms with Gasteiger partial charge in [-0.05, 0) is 17.7 Å². The Hall–Kier alpha value is -2.58. The molecule has 8 heteroatoms. The summed E-state index contributed by atoms with van der Waals surface area (Å²) >= 11 is 0. The van der Waals surface area contributed by atoms with Crippen LogP contribution in [0.3, 0.4) is 0 Å². The maximum Gasteiger partial charge on any atom is 0.243 e. The lowest BCUT2D eigenvalue weighted by atomic mass is 10.2. The van der Waals surface area contributed by atoms with Crippen LogP contribution in [0.15, 0.2) is 53.4 Å². The molecule has 7 nitrogen and oxygen atoms in total. The monoisotopic (exact) mass is 390 g/mol. The van der Waals surface area contributed by atoms with Crippen molar-refractivity contribution in [2.75, 3.05) is 19.8 Å². The summed E-state index contributed by atoms with van der Waals surface area (Å²) in [5.41, 5.74) is 6.05. The molecule has 0 saturated carbocycles. The van der Waals surface area contributed by atoms with Crippen LogP contribution in [0, 0.1) is 0 Å². The van der Waals surface area contributed by atoms with E-state index in [1.54, 1.807) is 6.07 Å². The van der Waals surface area contributed by atoms with Gasteiger partial charge in [0, 0.05) is 32.0 Å². The minimum absolute atomic E-state index is 0.000995. The van der Waals surface area contributed by atoms with Gasteiger partial charge in [0.15, 0.2) is 11.5 Å². The van der Waals surface area contributed by atoms with Gasteiger partial charge in [-0.3, -0.25) is 4.79 Å². The lowest BCUT2D eigenvalue weighted by molar-refractivity contribution is -0.118. The molecule has 2 aromatic carbocycles. The smallest absolute Gasteiger partial charge is 0.243 e. The van der Waals surface area contributed by atoms with Crippen LogP contribution in [0.1, 0.15) is 18.4 Å². The molecule has 2 aromatic rings. The largest absolute Gasteiger partial charge is 0.490 e. The Balaban J connectivity index is 1.91. The fourth-order valence-corrected chi connectivity index (χ4v) is 4.20. The number of hydrogen-bond donors (Lipinski definition) is 1. The summed E-state index contributed by atoms with van der Waals surface area (Å²) in [5, 5.41) is 0. The fraction of sp³-hybridized carbons (Fsp3) is 0.316. The number of carbonyl (C=O) groups excluding carboxylic acids is 1. The Morgan fingerprint density at radius 2 is 1.74 bits per heavy atom. The minimum atomic E-state index is -3.85. The molecule has 0 saturated heterocycles. The predicted molar refractivity (Wildman–Crippen MR) is 99.9 cm³/mol. The van der Waals surface area contributed by atoms with E-state index in [0.717, 1.165) is 12.0 Å². The molecule has 1 aliphatic heterocycles. The van der Waals surface area contributed by atoms with E-state index in [-0.39, 0.29) is 24.4 Å². The number of nitrogens with two attached hydrogens (primary N) is 1. The first-order chi connectivity index (χ1) is 13.0. The number of rotatable bonds is 7. The van der Waals surface area contributed by atoms with E-state index in [1.165, 1.54) is 16.4 Å². The van der Waals surface area contributed by atoms with Crippen molar-refractivity contribution >= 4 is 15.9 Å². The third-order valence-electron chi connectivity index (χ3n) is 4.17. The van der Waals surface area contributed by atoms with E-state index in [2.05, 4.69) is 0 Å². The Kier molecular flexibility index (Phi) is 5.98. The predicted octanol–water partition coefficient (Wildman–Crippen LogP) is 1.91. The van der Waals surface area contributed by atoms with Crippen LogP contribution in [0.2, 0.25) is 0 Å². The summed E-state index contributed by atoms with van der Waals surface area (Å²) in [7, 11) is -3.85. The van der Waals surface area contributed by atoms with Crippen LogP contribution in [-0.4, -0.2) is 38.4 Å². The van der Waals surface area contributed by atoms with E-state index in [0.29, 0.717) is 24.7 Å². The van der Waals surface area contributed by atoms with Crippen LogP contribution in [0.5, 0.6) is 11.5 Å². The second-order valence-corrected chi connectivity index (χ2v) is 8.14. The number of sulfonamides is 1. The zero-order chi connectivity index (χ0) is 19.3. The molecule has 27 heavy (non-hydrogen) atoms. The van der Waals surface area contributed by atoms with Crippen LogP contribution in [0.4, 0.5) is 0 Å². The zero-order valence-electron chi connectivity index (χ0n) is 14.8. The zero-order valence-corrected chi connectivity index (χ0v) is 15.7. The molecule has 0 atom stereocenters. The topological polar surface area (TPSA) is 98.9 Å². The van der Waals surface area contributed by atoms with Crippen LogP contribution in [0.25, 0.3) is 0 Å². The fourth-order valence-electron chi connectivity index (χ4n) is 2.76. The van der Waals surface area contributed by atoms with E-state index in [1.807, 2.05) is 30.3 Å². The van der Waals surface area contributed by atoms with Crippen LogP contribution < -0.4 is 15.2 Å². The van der Waals surface area contributed by atoms with Gasteiger partial charge in [0.1, 0.15) is 0 Å². The third-order valence-corrected chi connectivity index (χ3v) is 6.01. The molecular weight excluding hydrogens is 368 g/mol. The third kappa shape index (κ3) is 4.78. The lowest BCUT2D eigenvalue weighted by Crippen LogP contribution is -2.33. The van der Waals surface area contributed by atoms with Gasteiger partial charge in [-0.2, -0.15) is 4.31 Å². The van der Waals surface area contributed by atoms with Gasteiger partial charge < -0.3 is 15.2 Å². The summed E-state index contributed by atoms with van der Waals surface area (Å²) in [5.74, 6) is 0.378. The first-order valence-electron chi connectivity index (χ1n) is 8.69. The Morgan fingerprint density at radius 3 is 2.44 bits per heavy atom. The van der Waals surface area contributed by atoms with Crippen molar-refractivity contribution in [2.24, 2.45) is 5.73 Å². The number of fused-ring (bicyclic) bond motifs is 1. The molecule has 0 bridgehead atoms. The highest BCUT2D eigenvalue weighted by Crippen LogP contribution is 2.33. The maximum atomic E-state index is 13.2. The molecule has 1 amide bonds. The molecule has 144 valence electrons. The molecule has 0 radical (unpaired) electrons. The van der Waals surface area contributed by atoms with Gasteiger partial charge in [-0.1, -0.05) is 30.3 Å². The summed E-state index contributed by atoms with van der Waals surface area (Å²) < 4.78 is 38.8. The van der Waals surface area contributed by atoms with Gasteiger partial charge in [0.05, 0.1) is 18.1 Å². The minimum Gasteiger partial charge on any atom is -0.490 e. The van der Waals surface area contributed by atoms with Gasteiger partial charge in [-0.25, -0.2) is 8.42 Å². The van der Waals surface area contributed by atoms with E-state index in [9.17, 15) is 13.2 Å². The van der Waals surface area contributed by atoms with E-state index < -0.39 is 15.9 Å². The average Bonchev–Trinajstić information content (AvgIpc) is 2.90. The van der Waals surface area contributed by atoms with E-state index in [4.69, 9.17) is 15.2 Å². The molecule has 0 unspecified atom stereocenters. The normalized spacial score (nSPS) is 14.0. The molecule has 1 aliphatic rings. The molecular formula is C19H22N2O5S. The quantitative estimate of drug-likeness (QED) is 0.779. The summed E-state index contributed by atoms with van der Waals surface area (Å²) in [6, 6.07) is 13.8. The van der Waals surface area contributed by atoms with Crippen molar-refractivity contribution < 1.29 is 22.7 Å². The Labute approximate surface area is 158 Å². The summed E-state index contributed by atoms with van der Waals surface area (Å²) in [4.78, 5) is 11.3. The number of amides is 1. The molecule has 0 fully saturated rings. The first-order valence-corrected chi connectivity index (χ1v) is 10.1. The highest BCUT2D eigenvalue weighted by molar-refractivity contribution is 7.89. The second kappa shape index (κ2) is 8.41. The molecule has 0 aromatic heterocycles. The number of nitrogens with zero attached hydrogens (tertiary/aromatic N) is 1. The maximum absolute atomic E-state index is 13.2. The summed E-state index contributed by atoms with van der Waals surface area (Å²) in [6.45, 7) is 1.13. The number of carbonyl (C=O) groups is 1. The molecule has 2 N–H and O–H groups in total. The van der Waals surface area contributed by atoms with Crippen molar-refractivity contribution in [3.63, 3.8) is 0 Å². The number of benzene rings is 2. The number of ether oxygens (including phenoxy) is 2. The summed E-state index contributed by atoms with van der Waals surface area (Å²) in [6.07, 6.45) is 0.673. The number of primary amides is 1. The first kappa shape index (κ1) is 19.2. The standard InChI is InChI=1S/C19H22N2O5S/c20-19(22)9-10-21(14-15-5-2-1-3-6-15)27(23,24)16-7-8-17-18(13-16)26-12-4-11-25-17/h1-3,5-8,13H,4,9-12,14H2,(H2,20,22). The van der Waals surface area contributed by atoms with Crippen molar-refractivity contribution in [3.05, 3.63) is 54.1 Å². The molecule has 0 spiro atoms. The molecule has 1 heterocycles. The second-order valence-electron chi connectivity index (χ2n) is 6.20. The van der Waals surface area contributed by atoms with Gasteiger partial charge >= 0.3 is 0 Å². The van der Waals surface area contributed by atoms with Crippen LogP contribution in [-0.2, 0) is 21.4 Å². The SMILES string of the molecule is NC(=O)CCN(Cc1ccccc1)S(=O)(=O)c1ccc2c(c1)OCCCO2. The lowest BCUT2D eigenvalue weighted by Gasteiger charge is -2.22. The molecule has 0 aliphatic carbocycles. The van der Waals surface area contributed by atoms with Crippen molar-refractivity contribution in [1.29, 1.82) is 0 Å². The van der Waals surface area contributed by atoms with Gasteiger partial charge in [0.2, 0.25) is 15.9 Å². The highest BCUT2D eigenvalue weighted by atomic mass is 32.2.